The average molecular weight is 268 g/mol. The van der Waals surface area contributed by atoms with E-state index in [9.17, 15) is 14.7 Å². The van der Waals surface area contributed by atoms with Gasteiger partial charge >= 0.3 is 5.69 Å². The van der Waals surface area contributed by atoms with Gasteiger partial charge in [-0.05, 0) is 25.7 Å². The van der Waals surface area contributed by atoms with E-state index in [4.69, 9.17) is 4.74 Å². The lowest BCUT2D eigenvalue weighted by molar-refractivity contribution is -0.144. The summed E-state index contributed by atoms with van der Waals surface area (Å²) in [5.74, 6) is 0.126. The number of aromatic amines is 1. The molecule has 2 N–H and O–H groups in total. The van der Waals surface area contributed by atoms with Gasteiger partial charge in [-0.1, -0.05) is 13.8 Å². The number of aliphatic hydroxyl groups excluding tert-OH is 1. The molecule has 6 heteroatoms. The Morgan fingerprint density at radius 3 is 2.79 bits per heavy atom. The second-order valence-corrected chi connectivity index (χ2v) is 5.21. The highest BCUT2D eigenvalue weighted by Gasteiger charge is 2.49. The van der Waals surface area contributed by atoms with Crippen molar-refractivity contribution in [3.05, 3.63) is 33.1 Å². The van der Waals surface area contributed by atoms with E-state index >= 15 is 0 Å². The lowest BCUT2D eigenvalue weighted by Crippen LogP contribution is -2.44. The summed E-state index contributed by atoms with van der Waals surface area (Å²) in [5, 5.41) is 9.98. The van der Waals surface area contributed by atoms with E-state index in [0.717, 1.165) is 0 Å². The monoisotopic (exact) mass is 268 g/mol. The van der Waals surface area contributed by atoms with Gasteiger partial charge in [0.2, 0.25) is 0 Å². The van der Waals surface area contributed by atoms with Crippen molar-refractivity contribution in [1.82, 2.24) is 9.55 Å². The van der Waals surface area contributed by atoms with Crippen molar-refractivity contribution in [2.75, 3.05) is 0 Å². The Bertz CT molecular complexity index is 562. The van der Waals surface area contributed by atoms with Gasteiger partial charge in [-0.25, -0.2) is 4.79 Å². The summed E-state index contributed by atoms with van der Waals surface area (Å²) >= 11 is 0. The molecule has 2 heterocycles. The standard InChI is InChI=1S/C13H20N2O4/c1-4-13(9(3)16)8(2)7-11(19-13)15-6-5-10(17)14-12(15)18/h5-6,8-9,11,16H,4,7H2,1-3H3,(H,14,17,18)/t8-,9?,11+,13+/m0/s1. The van der Waals surface area contributed by atoms with Gasteiger partial charge < -0.3 is 9.84 Å². The first-order valence-corrected chi connectivity index (χ1v) is 6.58. The zero-order valence-electron chi connectivity index (χ0n) is 11.4. The molecule has 1 aliphatic heterocycles. The van der Waals surface area contributed by atoms with Crippen LogP contribution in [0, 0.1) is 5.92 Å². The van der Waals surface area contributed by atoms with Crippen molar-refractivity contribution in [3.63, 3.8) is 0 Å². The second kappa shape index (κ2) is 4.94. The molecule has 1 fully saturated rings. The molecule has 2 rings (SSSR count). The van der Waals surface area contributed by atoms with E-state index in [2.05, 4.69) is 4.98 Å². The van der Waals surface area contributed by atoms with Crippen molar-refractivity contribution >= 4 is 0 Å². The number of hydrogen-bond donors (Lipinski definition) is 2. The van der Waals surface area contributed by atoms with Crippen molar-refractivity contribution < 1.29 is 9.84 Å². The van der Waals surface area contributed by atoms with Crippen LogP contribution in [0.15, 0.2) is 21.9 Å². The van der Waals surface area contributed by atoms with Gasteiger partial charge in [-0.15, -0.1) is 0 Å². The largest absolute Gasteiger partial charge is 0.390 e. The van der Waals surface area contributed by atoms with E-state index in [1.54, 1.807) is 6.92 Å². The van der Waals surface area contributed by atoms with E-state index in [-0.39, 0.29) is 5.92 Å². The normalized spacial score (nSPS) is 32.4. The maximum atomic E-state index is 11.8. The van der Waals surface area contributed by atoms with Crippen LogP contribution in [0.1, 0.15) is 39.8 Å². The third-order valence-corrected chi connectivity index (χ3v) is 4.17. The van der Waals surface area contributed by atoms with E-state index in [1.807, 2.05) is 13.8 Å². The molecule has 4 atom stereocenters. The van der Waals surface area contributed by atoms with Crippen molar-refractivity contribution in [2.45, 2.75) is 51.5 Å². The Balaban J connectivity index is 2.35. The Morgan fingerprint density at radius 2 is 2.32 bits per heavy atom. The molecule has 1 aliphatic rings. The Hall–Kier alpha value is -1.40. The van der Waals surface area contributed by atoms with Crippen LogP contribution in [-0.2, 0) is 4.74 Å². The van der Waals surface area contributed by atoms with Crippen LogP contribution < -0.4 is 11.2 Å². The number of aliphatic hydroxyl groups is 1. The highest BCUT2D eigenvalue weighted by Crippen LogP contribution is 2.44. The lowest BCUT2D eigenvalue weighted by Gasteiger charge is -2.35. The van der Waals surface area contributed by atoms with Crippen LogP contribution >= 0.6 is 0 Å². The van der Waals surface area contributed by atoms with Crippen molar-refractivity contribution in [2.24, 2.45) is 5.92 Å². The number of ether oxygens (including phenoxy) is 1. The number of nitrogens with zero attached hydrogens (tertiary/aromatic N) is 1. The van der Waals surface area contributed by atoms with Crippen LogP contribution in [0.25, 0.3) is 0 Å². The van der Waals surface area contributed by atoms with Gasteiger partial charge in [0.05, 0.1) is 11.7 Å². The summed E-state index contributed by atoms with van der Waals surface area (Å²) in [6, 6.07) is 1.30. The summed E-state index contributed by atoms with van der Waals surface area (Å²) in [5.41, 5.74) is -1.55. The zero-order valence-corrected chi connectivity index (χ0v) is 11.4. The van der Waals surface area contributed by atoms with Gasteiger partial charge in [0.15, 0.2) is 0 Å². The maximum absolute atomic E-state index is 11.8. The van der Waals surface area contributed by atoms with Gasteiger partial charge in [0, 0.05) is 12.3 Å². The maximum Gasteiger partial charge on any atom is 0.330 e. The number of rotatable bonds is 3. The number of aromatic nitrogens is 2. The molecule has 19 heavy (non-hydrogen) atoms. The minimum atomic E-state index is -0.639. The van der Waals surface area contributed by atoms with Crippen molar-refractivity contribution in [3.8, 4) is 0 Å². The fourth-order valence-electron chi connectivity index (χ4n) is 2.98. The quantitative estimate of drug-likeness (QED) is 0.841. The van der Waals surface area contributed by atoms with Gasteiger partial charge in [-0.2, -0.15) is 0 Å². The van der Waals surface area contributed by atoms with Crippen LogP contribution in [0.3, 0.4) is 0 Å². The molecule has 6 nitrogen and oxygen atoms in total. The fraction of sp³-hybridized carbons (Fsp3) is 0.692. The molecule has 1 aromatic rings. The first kappa shape index (κ1) is 14.0. The molecule has 0 spiro atoms. The molecular formula is C13H20N2O4. The Kier molecular flexibility index (Phi) is 3.64. The molecule has 0 aliphatic carbocycles. The summed E-state index contributed by atoms with van der Waals surface area (Å²) in [7, 11) is 0. The summed E-state index contributed by atoms with van der Waals surface area (Å²) < 4.78 is 7.34. The predicted molar refractivity (Wildman–Crippen MR) is 69.9 cm³/mol. The summed E-state index contributed by atoms with van der Waals surface area (Å²) in [4.78, 5) is 25.0. The smallest absolute Gasteiger partial charge is 0.330 e. The summed E-state index contributed by atoms with van der Waals surface area (Å²) in [6.45, 7) is 5.67. The fourth-order valence-corrected chi connectivity index (χ4v) is 2.98. The van der Waals surface area contributed by atoms with Crippen LogP contribution in [0.5, 0.6) is 0 Å². The van der Waals surface area contributed by atoms with Crippen LogP contribution in [0.2, 0.25) is 0 Å². The van der Waals surface area contributed by atoms with E-state index < -0.39 is 29.2 Å². The zero-order chi connectivity index (χ0) is 14.2. The Morgan fingerprint density at radius 1 is 1.63 bits per heavy atom. The third kappa shape index (κ3) is 2.26. The summed E-state index contributed by atoms with van der Waals surface area (Å²) in [6.07, 6.45) is 1.67. The second-order valence-electron chi connectivity index (χ2n) is 5.21. The predicted octanol–water partition coefficient (Wildman–Crippen LogP) is 0.621. The first-order valence-electron chi connectivity index (χ1n) is 6.58. The van der Waals surface area contributed by atoms with Gasteiger partial charge in [0.1, 0.15) is 6.23 Å². The molecule has 1 unspecified atom stereocenters. The number of nitrogens with one attached hydrogen (secondary N) is 1. The highest BCUT2D eigenvalue weighted by atomic mass is 16.5. The van der Waals surface area contributed by atoms with Crippen LogP contribution in [0.4, 0.5) is 0 Å². The Labute approximate surface area is 111 Å². The highest BCUT2D eigenvalue weighted by molar-refractivity contribution is 4.97. The van der Waals surface area contributed by atoms with Crippen LogP contribution in [-0.4, -0.2) is 26.4 Å². The minimum absolute atomic E-state index is 0.126. The number of H-pyrrole nitrogens is 1. The first-order chi connectivity index (χ1) is 8.90. The lowest BCUT2D eigenvalue weighted by atomic mass is 9.82. The van der Waals surface area contributed by atoms with E-state index in [0.29, 0.717) is 12.8 Å². The molecule has 0 bridgehead atoms. The molecule has 0 aromatic carbocycles. The minimum Gasteiger partial charge on any atom is -0.390 e. The molecule has 106 valence electrons. The molecule has 0 radical (unpaired) electrons. The van der Waals surface area contributed by atoms with Gasteiger partial charge in [0.25, 0.3) is 5.56 Å². The average Bonchev–Trinajstić information content (AvgIpc) is 2.67. The topological polar surface area (TPSA) is 84.3 Å². The SMILES string of the molecule is CC[C@@]1(C(C)O)O[C@@H](n2ccc(=O)[nH]c2=O)C[C@@H]1C. The molecule has 1 saturated heterocycles. The molecular weight excluding hydrogens is 248 g/mol. The van der Waals surface area contributed by atoms with E-state index in [1.165, 1.54) is 16.8 Å². The molecule has 0 amide bonds. The molecule has 0 saturated carbocycles. The third-order valence-electron chi connectivity index (χ3n) is 4.17. The molecule has 1 aromatic heterocycles. The van der Waals surface area contributed by atoms with Crippen molar-refractivity contribution in [1.29, 1.82) is 0 Å². The number of hydrogen-bond acceptors (Lipinski definition) is 4. The van der Waals surface area contributed by atoms with Gasteiger partial charge in [-0.3, -0.25) is 14.3 Å².